The topological polar surface area (TPSA) is 34.1 Å². The Balaban J connectivity index is 2.33. The number of halogens is 1. The van der Waals surface area contributed by atoms with E-state index >= 15 is 0 Å². The first kappa shape index (κ1) is 14.8. The summed E-state index contributed by atoms with van der Waals surface area (Å²) in [5.74, 6) is 1.40. The zero-order chi connectivity index (χ0) is 14.7. The number of hydrogen-bond donors (Lipinski definition) is 1. The third kappa shape index (κ3) is 3.30. The lowest BCUT2D eigenvalue weighted by atomic mass is 10.1. The van der Waals surface area contributed by atoms with Gasteiger partial charge in [-0.05, 0) is 56.1 Å². The fourth-order valence-electron chi connectivity index (χ4n) is 2.06. The van der Waals surface area contributed by atoms with Crippen molar-refractivity contribution in [3.8, 4) is 11.6 Å². The van der Waals surface area contributed by atoms with E-state index in [1.165, 1.54) is 11.1 Å². The molecule has 0 aliphatic rings. The average molecular weight is 291 g/mol. The van der Waals surface area contributed by atoms with Crippen LogP contribution < -0.4 is 10.1 Å². The van der Waals surface area contributed by atoms with Crippen molar-refractivity contribution >= 4 is 11.6 Å². The minimum absolute atomic E-state index is 0.563. The van der Waals surface area contributed by atoms with Crippen molar-refractivity contribution in [2.75, 3.05) is 7.05 Å². The summed E-state index contributed by atoms with van der Waals surface area (Å²) in [5, 5.41) is 3.72. The van der Waals surface area contributed by atoms with Crippen LogP contribution in [-0.4, -0.2) is 12.0 Å². The third-order valence-electron chi connectivity index (χ3n) is 3.26. The van der Waals surface area contributed by atoms with E-state index in [2.05, 4.69) is 37.1 Å². The lowest BCUT2D eigenvalue weighted by Crippen LogP contribution is -2.06. The molecule has 2 rings (SSSR count). The largest absolute Gasteiger partial charge is 0.439 e. The molecule has 0 saturated heterocycles. The summed E-state index contributed by atoms with van der Waals surface area (Å²) in [4.78, 5) is 4.23. The Morgan fingerprint density at radius 1 is 1.20 bits per heavy atom. The first-order valence-electron chi connectivity index (χ1n) is 6.56. The van der Waals surface area contributed by atoms with Crippen LogP contribution in [0.3, 0.4) is 0 Å². The van der Waals surface area contributed by atoms with Crippen molar-refractivity contribution in [1.29, 1.82) is 0 Å². The molecule has 0 saturated carbocycles. The van der Waals surface area contributed by atoms with Crippen molar-refractivity contribution in [3.63, 3.8) is 0 Å². The quantitative estimate of drug-likeness (QED) is 0.917. The second-order valence-electron chi connectivity index (χ2n) is 4.95. The highest BCUT2D eigenvalue weighted by atomic mass is 35.5. The van der Waals surface area contributed by atoms with E-state index in [1.807, 2.05) is 19.2 Å². The summed E-state index contributed by atoms with van der Waals surface area (Å²) < 4.78 is 5.92. The SMILES string of the molecule is CNCc1cc(Oc2cc(C)cc(C)c2C)ncc1Cl. The molecule has 2 aromatic rings. The summed E-state index contributed by atoms with van der Waals surface area (Å²) in [6.07, 6.45) is 1.63. The molecule has 1 heterocycles. The monoisotopic (exact) mass is 290 g/mol. The first-order chi connectivity index (χ1) is 9.51. The molecule has 0 aliphatic heterocycles. The van der Waals surface area contributed by atoms with Gasteiger partial charge in [-0.3, -0.25) is 0 Å². The molecule has 0 aliphatic carbocycles. The fraction of sp³-hybridized carbons (Fsp3) is 0.312. The van der Waals surface area contributed by atoms with Gasteiger partial charge in [-0.15, -0.1) is 0 Å². The Labute approximate surface area is 124 Å². The summed E-state index contributed by atoms with van der Waals surface area (Å²) >= 11 is 6.10. The molecule has 3 nitrogen and oxygen atoms in total. The standard InChI is InChI=1S/C16H19ClN2O/c1-10-5-11(2)12(3)15(6-10)20-16-7-13(8-18-4)14(17)9-19-16/h5-7,9,18H,8H2,1-4H3. The minimum Gasteiger partial charge on any atom is -0.439 e. The molecule has 0 fully saturated rings. The summed E-state index contributed by atoms with van der Waals surface area (Å²) in [6.45, 7) is 6.87. The van der Waals surface area contributed by atoms with Gasteiger partial charge in [0.25, 0.3) is 0 Å². The zero-order valence-corrected chi connectivity index (χ0v) is 13.0. The van der Waals surface area contributed by atoms with Crippen LogP contribution in [0.4, 0.5) is 0 Å². The maximum Gasteiger partial charge on any atom is 0.219 e. The van der Waals surface area contributed by atoms with E-state index in [0.29, 0.717) is 17.4 Å². The summed E-state index contributed by atoms with van der Waals surface area (Å²) in [7, 11) is 1.88. The number of nitrogens with zero attached hydrogens (tertiary/aromatic N) is 1. The van der Waals surface area contributed by atoms with Gasteiger partial charge in [-0.1, -0.05) is 17.7 Å². The van der Waals surface area contributed by atoms with Crippen molar-refractivity contribution in [2.24, 2.45) is 0 Å². The van der Waals surface area contributed by atoms with Gasteiger partial charge < -0.3 is 10.1 Å². The first-order valence-corrected chi connectivity index (χ1v) is 6.93. The number of hydrogen-bond acceptors (Lipinski definition) is 3. The summed E-state index contributed by atoms with van der Waals surface area (Å²) in [6, 6.07) is 6.04. The van der Waals surface area contributed by atoms with Crippen molar-refractivity contribution in [2.45, 2.75) is 27.3 Å². The van der Waals surface area contributed by atoms with E-state index in [0.717, 1.165) is 16.9 Å². The second kappa shape index (κ2) is 6.25. The number of rotatable bonds is 4. The van der Waals surface area contributed by atoms with Crippen LogP contribution in [0.25, 0.3) is 0 Å². The molecule has 4 heteroatoms. The number of ether oxygens (including phenoxy) is 1. The van der Waals surface area contributed by atoms with Gasteiger partial charge in [-0.25, -0.2) is 4.98 Å². The highest BCUT2D eigenvalue weighted by Crippen LogP contribution is 2.29. The van der Waals surface area contributed by atoms with E-state index < -0.39 is 0 Å². The number of aromatic nitrogens is 1. The smallest absolute Gasteiger partial charge is 0.219 e. The zero-order valence-electron chi connectivity index (χ0n) is 12.2. The molecule has 20 heavy (non-hydrogen) atoms. The lowest BCUT2D eigenvalue weighted by Gasteiger charge is -2.12. The van der Waals surface area contributed by atoms with Gasteiger partial charge in [0.05, 0.1) is 5.02 Å². The van der Waals surface area contributed by atoms with Crippen LogP contribution in [0.15, 0.2) is 24.4 Å². The van der Waals surface area contributed by atoms with E-state index in [4.69, 9.17) is 16.3 Å². The van der Waals surface area contributed by atoms with Gasteiger partial charge in [0, 0.05) is 18.8 Å². The number of pyridine rings is 1. The maximum atomic E-state index is 6.10. The number of nitrogens with one attached hydrogen (secondary N) is 1. The second-order valence-corrected chi connectivity index (χ2v) is 5.36. The van der Waals surface area contributed by atoms with Crippen molar-refractivity contribution in [1.82, 2.24) is 10.3 Å². The molecule has 1 aromatic heterocycles. The van der Waals surface area contributed by atoms with Crippen LogP contribution >= 0.6 is 11.6 Å². The molecule has 106 valence electrons. The molecule has 0 atom stereocenters. The van der Waals surface area contributed by atoms with Crippen LogP contribution in [0, 0.1) is 20.8 Å². The maximum absolute atomic E-state index is 6.10. The van der Waals surface area contributed by atoms with Gasteiger partial charge in [0.2, 0.25) is 5.88 Å². The van der Waals surface area contributed by atoms with Crippen LogP contribution in [0.2, 0.25) is 5.02 Å². The van der Waals surface area contributed by atoms with Crippen LogP contribution in [0.1, 0.15) is 22.3 Å². The predicted molar refractivity (Wildman–Crippen MR) is 82.7 cm³/mol. The Bertz CT molecular complexity index is 626. The molecular weight excluding hydrogens is 272 g/mol. The summed E-state index contributed by atoms with van der Waals surface area (Å²) in [5.41, 5.74) is 4.49. The van der Waals surface area contributed by atoms with Gasteiger partial charge in [0.15, 0.2) is 0 Å². The van der Waals surface area contributed by atoms with Crippen LogP contribution in [-0.2, 0) is 6.54 Å². The van der Waals surface area contributed by atoms with Gasteiger partial charge >= 0.3 is 0 Å². The van der Waals surface area contributed by atoms with E-state index in [9.17, 15) is 0 Å². The Morgan fingerprint density at radius 3 is 2.65 bits per heavy atom. The lowest BCUT2D eigenvalue weighted by molar-refractivity contribution is 0.457. The van der Waals surface area contributed by atoms with Crippen LogP contribution in [0.5, 0.6) is 11.6 Å². The van der Waals surface area contributed by atoms with Gasteiger partial charge in [-0.2, -0.15) is 0 Å². The number of aryl methyl sites for hydroxylation is 2. The van der Waals surface area contributed by atoms with E-state index in [1.54, 1.807) is 6.20 Å². The third-order valence-corrected chi connectivity index (χ3v) is 3.60. The highest BCUT2D eigenvalue weighted by Gasteiger charge is 2.08. The Hall–Kier alpha value is -1.58. The number of benzene rings is 1. The molecule has 0 spiro atoms. The van der Waals surface area contributed by atoms with E-state index in [-0.39, 0.29) is 0 Å². The fourth-order valence-corrected chi connectivity index (χ4v) is 2.23. The molecule has 1 aromatic carbocycles. The van der Waals surface area contributed by atoms with Crippen molar-refractivity contribution in [3.05, 3.63) is 51.7 Å². The minimum atomic E-state index is 0.563. The molecule has 0 bridgehead atoms. The Kier molecular flexibility index (Phi) is 4.63. The molecule has 0 amide bonds. The molecule has 1 N–H and O–H groups in total. The predicted octanol–water partition coefficient (Wildman–Crippen LogP) is 4.17. The van der Waals surface area contributed by atoms with Crippen molar-refractivity contribution < 1.29 is 4.74 Å². The molecule has 0 unspecified atom stereocenters. The molecular formula is C16H19ClN2O. The average Bonchev–Trinajstić information content (AvgIpc) is 2.39. The Morgan fingerprint density at radius 2 is 1.95 bits per heavy atom. The highest BCUT2D eigenvalue weighted by molar-refractivity contribution is 6.31. The molecule has 0 radical (unpaired) electrons. The normalized spacial score (nSPS) is 10.7. The van der Waals surface area contributed by atoms with Gasteiger partial charge in [0.1, 0.15) is 5.75 Å².